The quantitative estimate of drug-likeness (QED) is 0.117. The van der Waals surface area contributed by atoms with Crippen LogP contribution in [0, 0.1) is 30.3 Å². The number of hydrogen-bond donors (Lipinski definition) is 0. The molecule has 0 N–H and O–H groups in total. The van der Waals surface area contributed by atoms with E-state index >= 15 is 8.78 Å². The summed E-state index contributed by atoms with van der Waals surface area (Å²) in [6, 6.07) is 14.0. The zero-order valence-electron chi connectivity index (χ0n) is 26.9. The molecule has 3 aromatic rings. The molecule has 0 radical (unpaired) electrons. The summed E-state index contributed by atoms with van der Waals surface area (Å²) in [6.45, 7) is 6.03. The van der Waals surface area contributed by atoms with Crippen molar-refractivity contribution in [3.05, 3.63) is 95.5 Å². The molecule has 4 heteroatoms. The summed E-state index contributed by atoms with van der Waals surface area (Å²) in [5.41, 5.74) is 4.11. The van der Waals surface area contributed by atoms with Gasteiger partial charge >= 0.3 is 0 Å². The Hall–Kier alpha value is -3.27. The zero-order chi connectivity index (χ0) is 31.3. The second kappa shape index (κ2) is 17.3. The molecule has 0 spiro atoms. The molecule has 1 atom stereocenters. The van der Waals surface area contributed by atoms with Gasteiger partial charge in [-0.1, -0.05) is 127 Å². The largest absolute Gasteiger partial charge is 0.462 e. The number of rotatable bonds is 16. The van der Waals surface area contributed by atoms with Gasteiger partial charge in [-0.2, -0.15) is 0 Å². The summed E-state index contributed by atoms with van der Waals surface area (Å²) >= 11 is 0. The van der Waals surface area contributed by atoms with Gasteiger partial charge in [0.1, 0.15) is 0 Å². The van der Waals surface area contributed by atoms with E-state index in [4.69, 9.17) is 4.74 Å². The van der Waals surface area contributed by atoms with E-state index in [0.29, 0.717) is 22.6 Å². The van der Waals surface area contributed by atoms with Crippen molar-refractivity contribution in [3.8, 4) is 28.0 Å². The minimum absolute atomic E-state index is 0.181. The molecule has 0 aliphatic heterocycles. The highest BCUT2D eigenvalue weighted by molar-refractivity contribution is 5.75. The summed E-state index contributed by atoms with van der Waals surface area (Å²) in [6.07, 6.45) is 22.0. The number of ether oxygens (including phenoxy) is 1. The van der Waals surface area contributed by atoms with Gasteiger partial charge in [-0.05, 0) is 78.5 Å². The molecule has 44 heavy (non-hydrogen) atoms. The lowest BCUT2D eigenvalue weighted by Gasteiger charge is -2.23. The molecule has 0 bridgehead atoms. The van der Waals surface area contributed by atoms with Crippen LogP contribution in [-0.2, 0) is 0 Å². The Morgan fingerprint density at radius 2 is 1.32 bits per heavy atom. The number of unbranched alkanes of at least 4 members (excludes halogenated alkanes) is 8. The minimum Gasteiger partial charge on any atom is -0.462 e. The standard InChI is InChI=1S/C40H49F3O/c1-4-6-8-9-10-11-12-13-15-30-16-18-32(19-17-30)35-24-25-36(40(43)39(35)42)33-22-20-31(21-23-33)34-26-27-37(38(41)29(34)3)44-28-14-7-5-2/h14,18,20-28,30H,4-13,15-17,19H2,1-3H3/b28-14-. The van der Waals surface area contributed by atoms with E-state index in [1.54, 1.807) is 37.3 Å². The summed E-state index contributed by atoms with van der Waals surface area (Å²) in [7, 11) is 0. The molecule has 0 saturated carbocycles. The van der Waals surface area contributed by atoms with Gasteiger partial charge in [-0.15, -0.1) is 0 Å². The molecule has 3 aromatic carbocycles. The van der Waals surface area contributed by atoms with Crippen LogP contribution in [0.3, 0.4) is 0 Å². The molecule has 0 amide bonds. The third-order valence-corrected chi connectivity index (χ3v) is 9.02. The lowest BCUT2D eigenvalue weighted by atomic mass is 9.83. The van der Waals surface area contributed by atoms with E-state index in [1.807, 2.05) is 24.3 Å². The fraction of sp³-hybridized carbons (Fsp3) is 0.450. The maximum atomic E-state index is 15.4. The predicted octanol–water partition coefficient (Wildman–Crippen LogP) is 13.2. The first kappa shape index (κ1) is 33.6. The van der Waals surface area contributed by atoms with Crippen molar-refractivity contribution in [1.29, 1.82) is 0 Å². The van der Waals surface area contributed by atoms with Gasteiger partial charge in [-0.25, -0.2) is 13.2 Å². The van der Waals surface area contributed by atoms with E-state index in [0.717, 1.165) is 48.8 Å². The van der Waals surface area contributed by atoms with Gasteiger partial charge in [-0.3, -0.25) is 0 Å². The summed E-state index contributed by atoms with van der Waals surface area (Å²) < 4.78 is 51.2. The second-order valence-corrected chi connectivity index (χ2v) is 12.3. The van der Waals surface area contributed by atoms with Gasteiger partial charge in [0.15, 0.2) is 23.2 Å². The number of allylic oxidation sites excluding steroid dienone is 3. The molecule has 4 rings (SSSR count). The molecule has 1 nitrogen and oxygen atoms in total. The predicted molar refractivity (Wildman–Crippen MR) is 179 cm³/mol. The first-order valence-electron chi connectivity index (χ1n) is 16.8. The summed E-state index contributed by atoms with van der Waals surface area (Å²) in [4.78, 5) is 0. The maximum absolute atomic E-state index is 15.4. The maximum Gasteiger partial charge on any atom is 0.169 e. The van der Waals surface area contributed by atoms with E-state index in [2.05, 4.69) is 19.9 Å². The highest BCUT2D eigenvalue weighted by atomic mass is 19.2. The van der Waals surface area contributed by atoms with E-state index in [1.165, 1.54) is 64.0 Å². The molecule has 1 unspecified atom stereocenters. The Labute approximate surface area is 263 Å². The minimum atomic E-state index is -0.822. The second-order valence-electron chi connectivity index (χ2n) is 12.3. The molecule has 1 aliphatic rings. The Kier molecular flexibility index (Phi) is 13.2. The SMILES string of the molecule is CCC/C=C\Oc1ccc(-c2ccc(-c3ccc(C4=CCC(CCCCCCCCCC)CC4)c(F)c3F)cc2)c(C)c1F. The molecule has 0 saturated heterocycles. The van der Waals surface area contributed by atoms with Gasteiger partial charge in [0.05, 0.1) is 6.26 Å². The third-order valence-electron chi connectivity index (χ3n) is 9.02. The zero-order valence-corrected chi connectivity index (χ0v) is 26.9. The number of halogens is 3. The van der Waals surface area contributed by atoms with Crippen molar-refractivity contribution < 1.29 is 17.9 Å². The van der Waals surface area contributed by atoms with Crippen molar-refractivity contribution in [2.75, 3.05) is 0 Å². The van der Waals surface area contributed by atoms with Crippen LogP contribution in [0.2, 0.25) is 0 Å². The molecule has 1 aliphatic carbocycles. The van der Waals surface area contributed by atoms with Crippen molar-refractivity contribution in [3.63, 3.8) is 0 Å². The molecule has 0 heterocycles. The van der Waals surface area contributed by atoms with Crippen molar-refractivity contribution in [2.45, 2.75) is 111 Å². The average molecular weight is 603 g/mol. The van der Waals surface area contributed by atoms with Crippen molar-refractivity contribution >= 4 is 5.57 Å². The Morgan fingerprint density at radius 3 is 1.98 bits per heavy atom. The van der Waals surface area contributed by atoms with Crippen LogP contribution in [0.25, 0.3) is 27.8 Å². The molecule has 0 aromatic heterocycles. The number of benzene rings is 3. The first-order valence-corrected chi connectivity index (χ1v) is 16.8. The fourth-order valence-electron chi connectivity index (χ4n) is 6.23. The lowest BCUT2D eigenvalue weighted by Crippen LogP contribution is -2.07. The topological polar surface area (TPSA) is 9.23 Å². The average Bonchev–Trinajstić information content (AvgIpc) is 3.04. The van der Waals surface area contributed by atoms with Crippen LogP contribution >= 0.6 is 0 Å². The van der Waals surface area contributed by atoms with Crippen LogP contribution in [0.5, 0.6) is 5.75 Å². The van der Waals surface area contributed by atoms with Crippen LogP contribution in [0.15, 0.2) is 66.9 Å². The van der Waals surface area contributed by atoms with E-state index < -0.39 is 17.5 Å². The summed E-state index contributed by atoms with van der Waals surface area (Å²) in [5, 5.41) is 0. The van der Waals surface area contributed by atoms with E-state index in [-0.39, 0.29) is 11.3 Å². The van der Waals surface area contributed by atoms with Crippen LogP contribution in [-0.4, -0.2) is 0 Å². The Bertz CT molecular complexity index is 1400. The van der Waals surface area contributed by atoms with Crippen LogP contribution in [0.1, 0.15) is 115 Å². The Morgan fingerprint density at radius 1 is 0.705 bits per heavy atom. The smallest absolute Gasteiger partial charge is 0.169 e. The van der Waals surface area contributed by atoms with Gasteiger partial charge in [0, 0.05) is 11.1 Å². The van der Waals surface area contributed by atoms with Gasteiger partial charge in [0.2, 0.25) is 0 Å². The van der Waals surface area contributed by atoms with Gasteiger partial charge < -0.3 is 4.74 Å². The third kappa shape index (κ3) is 8.89. The number of hydrogen-bond acceptors (Lipinski definition) is 1. The molecule has 0 fully saturated rings. The summed E-state index contributed by atoms with van der Waals surface area (Å²) in [5.74, 6) is -1.18. The Balaban J connectivity index is 1.36. The van der Waals surface area contributed by atoms with Crippen LogP contribution < -0.4 is 4.74 Å². The molecular formula is C40H49F3O. The molecular weight excluding hydrogens is 553 g/mol. The van der Waals surface area contributed by atoms with Crippen molar-refractivity contribution in [2.24, 2.45) is 5.92 Å². The molecule has 236 valence electrons. The normalized spacial score (nSPS) is 15.1. The van der Waals surface area contributed by atoms with Crippen molar-refractivity contribution in [1.82, 2.24) is 0 Å². The fourth-order valence-corrected chi connectivity index (χ4v) is 6.23. The highest BCUT2D eigenvalue weighted by Crippen LogP contribution is 2.37. The van der Waals surface area contributed by atoms with Crippen LogP contribution in [0.4, 0.5) is 13.2 Å². The lowest BCUT2D eigenvalue weighted by molar-refractivity contribution is 0.421. The van der Waals surface area contributed by atoms with Gasteiger partial charge in [0.25, 0.3) is 0 Å². The first-order chi connectivity index (χ1) is 21.4. The van der Waals surface area contributed by atoms with E-state index in [9.17, 15) is 4.39 Å². The highest BCUT2D eigenvalue weighted by Gasteiger charge is 2.21. The monoisotopic (exact) mass is 602 g/mol.